The van der Waals surface area contributed by atoms with Gasteiger partial charge in [0.25, 0.3) is 0 Å². The van der Waals surface area contributed by atoms with E-state index >= 15 is 0 Å². The van der Waals surface area contributed by atoms with Crippen molar-refractivity contribution in [1.82, 2.24) is 15.6 Å². The number of amides is 3. The lowest BCUT2D eigenvalue weighted by Gasteiger charge is -2.07. The van der Waals surface area contributed by atoms with Crippen LogP contribution in [0, 0.1) is 0 Å². The van der Waals surface area contributed by atoms with Crippen LogP contribution in [0.2, 0.25) is 10.0 Å². The number of halogens is 2. The Hall–Kier alpha value is -3.49. The van der Waals surface area contributed by atoms with Crippen molar-refractivity contribution in [2.75, 3.05) is 18.5 Å². The number of carbonyl (C=O) groups is 3. The third kappa shape index (κ3) is 6.30. The molecule has 0 unspecified atom stereocenters. The molecule has 0 fully saturated rings. The summed E-state index contributed by atoms with van der Waals surface area (Å²) in [6.45, 7) is 4.65. The zero-order valence-electron chi connectivity index (χ0n) is 18.6. The SMILES string of the molecule is CCNC(=O)NCc1ccc(NC(=O)/C=C/c2c(C(=O)OCC)[nH]c3cc(Cl)cc(Cl)c23)cc1. The maximum atomic E-state index is 12.5. The monoisotopic (exact) mass is 502 g/mol. The van der Waals surface area contributed by atoms with Gasteiger partial charge in [0.1, 0.15) is 5.69 Å². The standard InChI is InChI=1S/C24H24Cl2N4O4/c1-3-27-24(33)28-13-14-5-7-16(8-6-14)29-20(31)10-9-17-21-18(26)11-15(25)12-19(21)30-22(17)23(32)34-4-2/h5-12,30H,3-4,13H2,1-2H3,(H,29,31)(H2,27,28,33)/b10-9+. The second kappa shape index (κ2) is 11.6. The van der Waals surface area contributed by atoms with E-state index in [4.69, 9.17) is 27.9 Å². The summed E-state index contributed by atoms with van der Waals surface area (Å²) in [5, 5.41) is 9.45. The second-order valence-corrected chi connectivity index (χ2v) is 8.02. The van der Waals surface area contributed by atoms with Crippen molar-refractivity contribution in [2.24, 2.45) is 0 Å². The molecule has 2 aromatic carbocycles. The van der Waals surface area contributed by atoms with Crippen molar-refractivity contribution < 1.29 is 19.1 Å². The van der Waals surface area contributed by atoms with E-state index in [0.29, 0.717) is 45.3 Å². The highest BCUT2D eigenvalue weighted by atomic mass is 35.5. The molecular formula is C24H24Cl2N4O4. The third-order valence-electron chi connectivity index (χ3n) is 4.75. The summed E-state index contributed by atoms with van der Waals surface area (Å²) in [7, 11) is 0. The number of hydrogen-bond donors (Lipinski definition) is 4. The van der Waals surface area contributed by atoms with E-state index in [1.54, 1.807) is 43.3 Å². The van der Waals surface area contributed by atoms with Crippen LogP contribution < -0.4 is 16.0 Å². The van der Waals surface area contributed by atoms with Crippen LogP contribution in [0.25, 0.3) is 17.0 Å². The molecule has 0 aliphatic heterocycles. The Balaban J connectivity index is 1.75. The Bertz CT molecular complexity index is 1240. The summed E-state index contributed by atoms with van der Waals surface area (Å²) in [5.74, 6) is -0.967. The summed E-state index contributed by atoms with van der Waals surface area (Å²) in [4.78, 5) is 39.4. The van der Waals surface area contributed by atoms with Gasteiger partial charge < -0.3 is 25.7 Å². The van der Waals surface area contributed by atoms with Gasteiger partial charge in [-0.25, -0.2) is 9.59 Å². The molecule has 3 aromatic rings. The topological polar surface area (TPSA) is 112 Å². The van der Waals surface area contributed by atoms with Gasteiger partial charge in [-0.05, 0) is 49.8 Å². The van der Waals surface area contributed by atoms with Crippen LogP contribution in [0.3, 0.4) is 0 Å². The molecule has 0 bridgehead atoms. The van der Waals surface area contributed by atoms with Crippen LogP contribution in [0.15, 0.2) is 42.5 Å². The minimum absolute atomic E-state index is 0.175. The molecule has 34 heavy (non-hydrogen) atoms. The first-order valence-corrected chi connectivity index (χ1v) is 11.4. The number of H-pyrrole nitrogens is 1. The average Bonchev–Trinajstić information content (AvgIpc) is 3.16. The first-order valence-electron chi connectivity index (χ1n) is 10.6. The summed E-state index contributed by atoms with van der Waals surface area (Å²) >= 11 is 12.4. The van der Waals surface area contributed by atoms with Crippen molar-refractivity contribution in [1.29, 1.82) is 0 Å². The lowest BCUT2D eigenvalue weighted by Crippen LogP contribution is -2.34. The highest BCUT2D eigenvalue weighted by molar-refractivity contribution is 6.39. The number of rotatable bonds is 8. The number of carbonyl (C=O) groups excluding carboxylic acids is 3. The minimum atomic E-state index is -0.567. The molecule has 178 valence electrons. The molecule has 1 heterocycles. The van der Waals surface area contributed by atoms with E-state index in [2.05, 4.69) is 20.9 Å². The molecule has 10 heteroatoms. The third-order valence-corrected chi connectivity index (χ3v) is 5.26. The van der Waals surface area contributed by atoms with Crippen LogP contribution in [-0.4, -0.2) is 36.0 Å². The number of aromatic nitrogens is 1. The number of hydrogen-bond acceptors (Lipinski definition) is 4. The van der Waals surface area contributed by atoms with Crippen molar-refractivity contribution >= 4 is 63.8 Å². The molecule has 0 saturated carbocycles. The molecule has 4 N–H and O–H groups in total. The van der Waals surface area contributed by atoms with Crippen LogP contribution in [0.5, 0.6) is 0 Å². The Morgan fingerprint density at radius 3 is 2.47 bits per heavy atom. The number of ether oxygens (including phenoxy) is 1. The zero-order valence-corrected chi connectivity index (χ0v) is 20.1. The molecule has 0 aliphatic rings. The highest BCUT2D eigenvalue weighted by Gasteiger charge is 2.20. The van der Waals surface area contributed by atoms with E-state index in [9.17, 15) is 14.4 Å². The predicted octanol–water partition coefficient (Wildman–Crippen LogP) is 5.12. The largest absolute Gasteiger partial charge is 0.461 e. The van der Waals surface area contributed by atoms with E-state index in [-0.39, 0.29) is 18.3 Å². The van der Waals surface area contributed by atoms with Crippen molar-refractivity contribution in [3.63, 3.8) is 0 Å². The Kier molecular flexibility index (Phi) is 8.56. The number of benzene rings is 2. The number of anilines is 1. The molecule has 0 aliphatic carbocycles. The molecule has 1 aromatic heterocycles. The van der Waals surface area contributed by atoms with Gasteiger partial charge in [-0.3, -0.25) is 4.79 Å². The maximum absolute atomic E-state index is 12.5. The number of fused-ring (bicyclic) bond motifs is 1. The van der Waals surface area contributed by atoms with Gasteiger partial charge in [0.2, 0.25) is 5.91 Å². The number of urea groups is 1. The van der Waals surface area contributed by atoms with Crippen molar-refractivity contribution in [3.8, 4) is 0 Å². The smallest absolute Gasteiger partial charge is 0.355 e. The molecule has 3 amide bonds. The van der Waals surface area contributed by atoms with E-state index < -0.39 is 11.9 Å². The van der Waals surface area contributed by atoms with E-state index in [1.165, 1.54) is 12.2 Å². The van der Waals surface area contributed by atoms with Gasteiger partial charge in [-0.15, -0.1) is 0 Å². The van der Waals surface area contributed by atoms with Crippen molar-refractivity contribution in [2.45, 2.75) is 20.4 Å². The molecule has 0 atom stereocenters. The first-order chi connectivity index (χ1) is 16.3. The lowest BCUT2D eigenvalue weighted by atomic mass is 10.1. The van der Waals surface area contributed by atoms with Gasteiger partial charge in [-0.2, -0.15) is 0 Å². The normalized spacial score (nSPS) is 10.9. The lowest BCUT2D eigenvalue weighted by molar-refractivity contribution is -0.111. The fourth-order valence-corrected chi connectivity index (χ4v) is 3.85. The van der Waals surface area contributed by atoms with Crippen LogP contribution in [-0.2, 0) is 16.1 Å². The summed E-state index contributed by atoms with van der Waals surface area (Å²) in [5.41, 5.74) is 2.61. The minimum Gasteiger partial charge on any atom is -0.461 e. The molecule has 0 spiro atoms. The summed E-state index contributed by atoms with van der Waals surface area (Å²) in [6, 6.07) is 10.0. The quantitative estimate of drug-likeness (QED) is 0.252. The van der Waals surface area contributed by atoms with Crippen LogP contribution in [0.1, 0.15) is 35.5 Å². The van der Waals surface area contributed by atoms with Gasteiger partial charge in [0, 0.05) is 46.3 Å². The van der Waals surface area contributed by atoms with Gasteiger partial charge in [-0.1, -0.05) is 35.3 Å². The van der Waals surface area contributed by atoms with E-state index in [1.807, 2.05) is 6.92 Å². The molecule has 0 radical (unpaired) electrons. The van der Waals surface area contributed by atoms with Gasteiger partial charge in [0.15, 0.2) is 0 Å². The first kappa shape index (κ1) is 25.1. The summed E-state index contributed by atoms with van der Waals surface area (Å²) in [6.07, 6.45) is 2.81. The molecular weight excluding hydrogens is 479 g/mol. The van der Waals surface area contributed by atoms with Crippen LogP contribution >= 0.6 is 23.2 Å². The fraction of sp³-hybridized carbons (Fsp3) is 0.208. The number of nitrogens with one attached hydrogen (secondary N) is 4. The number of aromatic amines is 1. The number of esters is 1. The van der Waals surface area contributed by atoms with E-state index in [0.717, 1.165) is 5.56 Å². The Morgan fingerprint density at radius 1 is 1.06 bits per heavy atom. The molecule has 8 nitrogen and oxygen atoms in total. The Morgan fingerprint density at radius 2 is 1.79 bits per heavy atom. The van der Waals surface area contributed by atoms with Gasteiger partial charge >= 0.3 is 12.0 Å². The predicted molar refractivity (Wildman–Crippen MR) is 134 cm³/mol. The second-order valence-electron chi connectivity index (χ2n) is 7.18. The maximum Gasteiger partial charge on any atom is 0.355 e. The van der Waals surface area contributed by atoms with Gasteiger partial charge in [0.05, 0.1) is 11.6 Å². The summed E-state index contributed by atoms with van der Waals surface area (Å²) < 4.78 is 5.12. The molecule has 0 saturated heterocycles. The highest BCUT2D eigenvalue weighted by Crippen LogP contribution is 2.33. The average molecular weight is 503 g/mol. The Labute approximate surface area is 206 Å². The zero-order chi connectivity index (χ0) is 24.7. The van der Waals surface area contributed by atoms with Crippen LogP contribution in [0.4, 0.5) is 10.5 Å². The fourth-order valence-electron chi connectivity index (χ4n) is 3.26. The van der Waals surface area contributed by atoms with Crippen molar-refractivity contribution in [3.05, 3.63) is 69.3 Å². The molecule has 3 rings (SSSR count).